The molecule has 26 heavy (non-hydrogen) atoms. The first-order valence-electron chi connectivity index (χ1n) is 7.66. The molecule has 3 aromatic rings. The highest BCUT2D eigenvalue weighted by atomic mass is 16.5. The van der Waals surface area contributed by atoms with Gasteiger partial charge < -0.3 is 15.8 Å². The third-order valence-electron chi connectivity index (χ3n) is 3.41. The molecule has 0 fully saturated rings. The maximum absolute atomic E-state index is 12.1. The van der Waals surface area contributed by atoms with Gasteiger partial charge in [-0.1, -0.05) is 0 Å². The van der Waals surface area contributed by atoms with Gasteiger partial charge in [0.25, 0.3) is 5.91 Å². The van der Waals surface area contributed by atoms with Crippen molar-refractivity contribution in [2.75, 3.05) is 5.32 Å². The first-order chi connectivity index (χ1) is 12.6. The van der Waals surface area contributed by atoms with E-state index in [9.17, 15) is 9.59 Å². The Morgan fingerprint density at radius 1 is 1.00 bits per heavy atom. The van der Waals surface area contributed by atoms with Gasteiger partial charge in [-0.15, -0.1) is 0 Å². The van der Waals surface area contributed by atoms with E-state index in [1.165, 1.54) is 18.5 Å². The molecule has 0 unspecified atom stereocenters. The maximum atomic E-state index is 12.1. The minimum absolute atomic E-state index is 0.213. The Morgan fingerprint density at radius 3 is 2.58 bits per heavy atom. The average molecular weight is 349 g/mol. The normalized spacial score (nSPS) is 10.2. The number of pyridine rings is 3. The number of anilines is 1. The molecule has 0 aliphatic heterocycles. The quantitative estimate of drug-likeness (QED) is 0.700. The van der Waals surface area contributed by atoms with Crippen molar-refractivity contribution in [2.45, 2.75) is 6.61 Å². The van der Waals surface area contributed by atoms with Crippen LogP contribution in [0.1, 0.15) is 26.3 Å². The molecule has 130 valence electrons. The number of ether oxygens (including phenoxy) is 1. The standard InChI is InChI=1S/C18H15N5O3/c19-17(24)14-8-15(10-21-9-14)26-11-12-1-6-22-16(7-12)23-18(25)13-2-4-20-5-3-13/h1-10H,11H2,(H2,19,24)(H,22,23,25). The Hall–Kier alpha value is -3.81. The Bertz CT molecular complexity index is 931. The number of nitrogens with two attached hydrogens (primary N) is 1. The molecule has 0 saturated heterocycles. The summed E-state index contributed by atoms with van der Waals surface area (Å²) in [5.74, 6) is -0.0401. The molecule has 0 saturated carbocycles. The molecule has 3 rings (SSSR count). The summed E-state index contributed by atoms with van der Waals surface area (Å²) in [7, 11) is 0. The third kappa shape index (κ3) is 4.38. The van der Waals surface area contributed by atoms with Gasteiger partial charge in [-0.2, -0.15) is 0 Å². The highest BCUT2D eigenvalue weighted by Gasteiger charge is 2.08. The van der Waals surface area contributed by atoms with Crippen LogP contribution in [-0.4, -0.2) is 26.8 Å². The van der Waals surface area contributed by atoms with E-state index < -0.39 is 5.91 Å². The summed E-state index contributed by atoms with van der Waals surface area (Å²) in [5, 5.41) is 2.71. The van der Waals surface area contributed by atoms with Gasteiger partial charge in [-0.3, -0.25) is 19.6 Å². The molecular formula is C18H15N5O3. The van der Waals surface area contributed by atoms with Crippen LogP contribution in [0.2, 0.25) is 0 Å². The monoisotopic (exact) mass is 349 g/mol. The number of nitrogens with zero attached hydrogens (tertiary/aromatic N) is 3. The molecule has 0 atom stereocenters. The van der Waals surface area contributed by atoms with Crippen molar-refractivity contribution in [3.63, 3.8) is 0 Å². The van der Waals surface area contributed by atoms with E-state index in [1.54, 1.807) is 42.9 Å². The Morgan fingerprint density at radius 2 is 1.81 bits per heavy atom. The molecule has 0 aromatic carbocycles. The number of carbonyl (C=O) groups excluding carboxylic acids is 2. The highest BCUT2D eigenvalue weighted by Crippen LogP contribution is 2.15. The van der Waals surface area contributed by atoms with Crippen molar-refractivity contribution in [2.24, 2.45) is 5.73 Å². The van der Waals surface area contributed by atoms with Crippen molar-refractivity contribution >= 4 is 17.6 Å². The minimum atomic E-state index is -0.576. The number of hydrogen-bond donors (Lipinski definition) is 2. The van der Waals surface area contributed by atoms with Crippen molar-refractivity contribution in [1.29, 1.82) is 0 Å². The van der Waals surface area contributed by atoms with Gasteiger partial charge in [-0.25, -0.2) is 4.98 Å². The van der Waals surface area contributed by atoms with E-state index in [0.29, 0.717) is 17.1 Å². The summed E-state index contributed by atoms with van der Waals surface area (Å²) >= 11 is 0. The molecule has 0 radical (unpaired) electrons. The molecule has 3 aromatic heterocycles. The van der Waals surface area contributed by atoms with E-state index in [4.69, 9.17) is 10.5 Å². The number of nitrogens with one attached hydrogen (secondary N) is 1. The maximum Gasteiger partial charge on any atom is 0.256 e. The Kier molecular flexibility index (Phi) is 5.14. The number of carbonyl (C=O) groups is 2. The zero-order valence-electron chi connectivity index (χ0n) is 13.6. The number of primary amides is 1. The van der Waals surface area contributed by atoms with Gasteiger partial charge in [0.1, 0.15) is 18.2 Å². The van der Waals surface area contributed by atoms with Gasteiger partial charge in [0.05, 0.1) is 11.8 Å². The van der Waals surface area contributed by atoms with Gasteiger partial charge >= 0.3 is 0 Å². The lowest BCUT2D eigenvalue weighted by atomic mass is 10.2. The number of amides is 2. The fraction of sp³-hybridized carbons (Fsp3) is 0.0556. The second kappa shape index (κ2) is 7.84. The highest BCUT2D eigenvalue weighted by molar-refractivity contribution is 6.03. The van der Waals surface area contributed by atoms with E-state index >= 15 is 0 Å². The molecule has 8 nitrogen and oxygen atoms in total. The average Bonchev–Trinajstić information content (AvgIpc) is 2.67. The second-order valence-corrected chi connectivity index (χ2v) is 5.30. The van der Waals surface area contributed by atoms with Crippen LogP contribution in [0.3, 0.4) is 0 Å². The molecule has 2 amide bonds. The topological polar surface area (TPSA) is 120 Å². The molecule has 0 bridgehead atoms. The van der Waals surface area contributed by atoms with Crippen LogP contribution in [-0.2, 0) is 6.61 Å². The van der Waals surface area contributed by atoms with Gasteiger partial charge in [0.2, 0.25) is 5.91 Å². The molecule has 0 spiro atoms. The molecule has 3 N–H and O–H groups in total. The summed E-state index contributed by atoms with van der Waals surface area (Å²) in [6.07, 6.45) is 7.51. The van der Waals surface area contributed by atoms with E-state index in [0.717, 1.165) is 5.56 Å². The smallest absolute Gasteiger partial charge is 0.256 e. The second-order valence-electron chi connectivity index (χ2n) is 5.30. The van der Waals surface area contributed by atoms with Gasteiger partial charge in [-0.05, 0) is 35.9 Å². The summed E-state index contributed by atoms with van der Waals surface area (Å²) in [6.45, 7) is 0.213. The van der Waals surface area contributed by atoms with Crippen molar-refractivity contribution < 1.29 is 14.3 Å². The third-order valence-corrected chi connectivity index (χ3v) is 3.41. The molecular weight excluding hydrogens is 334 g/mol. The minimum Gasteiger partial charge on any atom is -0.487 e. The van der Waals surface area contributed by atoms with Gasteiger partial charge in [0.15, 0.2) is 0 Å². The predicted molar refractivity (Wildman–Crippen MR) is 93.5 cm³/mol. The summed E-state index contributed by atoms with van der Waals surface area (Å²) in [4.78, 5) is 35.2. The van der Waals surface area contributed by atoms with E-state index in [-0.39, 0.29) is 18.1 Å². The lowest BCUT2D eigenvalue weighted by molar-refractivity contribution is 0.0996. The lowest BCUT2D eigenvalue weighted by Crippen LogP contribution is -2.13. The number of rotatable bonds is 6. The zero-order valence-corrected chi connectivity index (χ0v) is 13.6. The van der Waals surface area contributed by atoms with Crippen molar-refractivity contribution in [3.8, 4) is 5.75 Å². The van der Waals surface area contributed by atoms with Crippen LogP contribution in [0.25, 0.3) is 0 Å². The van der Waals surface area contributed by atoms with Gasteiger partial charge in [0, 0.05) is 30.4 Å². The van der Waals surface area contributed by atoms with Crippen LogP contribution in [0.15, 0.2) is 61.3 Å². The van der Waals surface area contributed by atoms with Crippen molar-refractivity contribution in [1.82, 2.24) is 15.0 Å². The lowest BCUT2D eigenvalue weighted by Gasteiger charge is -2.09. The summed E-state index contributed by atoms with van der Waals surface area (Å²) in [5.41, 5.74) is 6.75. The van der Waals surface area contributed by atoms with Crippen LogP contribution in [0.5, 0.6) is 5.75 Å². The molecule has 8 heteroatoms. The Labute approximate surface area is 149 Å². The largest absolute Gasteiger partial charge is 0.487 e. The number of aromatic nitrogens is 3. The summed E-state index contributed by atoms with van der Waals surface area (Å²) in [6, 6.07) is 8.20. The van der Waals surface area contributed by atoms with Crippen LogP contribution in [0.4, 0.5) is 5.82 Å². The predicted octanol–water partition coefficient (Wildman–Crippen LogP) is 1.80. The Balaban J connectivity index is 1.65. The number of hydrogen-bond acceptors (Lipinski definition) is 6. The van der Waals surface area contributed by atoms with Crippen molar-refractivity contribution in [3.05, 3.63) is 78.0 Å². The van der Waals surface area contributed by atoms with Crippen LogP contribution in [0, 0.1) is 0 Å². The fourth-order valence-corrected chi connectivity index (χ4v) is 2.12. The SMILES string of the molecule is NC(=O)c1cncc(OCc2ccnc(NC(=O)c3ccncc3)c2)c1. The van der Waals surface area contributed by atoms with Crippen LogP contribution >= 0.6 is 0 Å². The van der Waals surface area contributed by atoms with E-state index in [1.807, 2.05) is 0 Å². The van der Waals surface area contributed by atoms with Crippen LogP contribution < -0.4 is 15.8 Å². The first-order valence-corrected chi connectivity index (χ1v) is 7.66. The first kappa shape index (κ1) is 17.0. The molecule has 0 aliphatic rings. The zero-order chi connectivity index (χ0) is 18.4. The van der Waals surface area contributed by atoms with E-state index in [2.05, 4.69) is 20.3 Å². The fourth-order valence-electron chi connectivity index (χ4n) is 2.12. The molecule has 0 aliphatic carbocycles. The molecule has 3 heterocycles. The summed E-state index contributed by atoms with van der Waals surface area (Å²) < 4.78 is 5.61.